The molecule has 0 aliphatic heterocycles. The maximum Gasteiger partial charge on any atom is 0.340 e. The van der Waals surface area contributed by atoms with Crippen molar-refractivity contribution in [2.45, 2.75) is 33.2 Å². The van der Waals surface area contributed by atoms with Crippen LogP contribution in [0.5, 0.6) is 11.5 Å². The zero-order chi connectivity index (χ0) is 23.7. The summed E-state index contributed by atoms with van der Waals surface area (Å²) < 4.78 is 16.2. The third-order valence-electron chi connectivity index (χ3n) is 5.82. The van der Waals surface area contributed by atoms with Crippen LogP contribution in [-0.2, 0) is 11.2 Å². The topological polar surface area (TPSA) is 106 Å². The molecule has 1 unspecified atom stereocenters. The number of methoxy groups -OCH3 is 2. The van der Waals surface area contributed by atoms with E-state index < -0.39 is 5.63 Å². The summed E-state index contributed by atoms with van der Waals surface area (Å²) in [6.07, 6.45) is -0.109. The van der Waals surface area contributed by atoms with Gasteiger partial charge in [0.1, 0.15) is 5.82 Å². The van der Waals surface area contributed by atoms with Crippen LogP contribution in [0.3, 0.4) is 0 Å². The van der Waals surface area contributed by atoms with Crippen LogP contribution in [0.15, 0.2) is 45.6 Å². The van der Waals surface area contributed by atoms with Crippen molar-refractivity contribution >= 4 is 27.9 Å². The number of nitrogens with zero attached hydrogens (tertiary/aromatic N) is 1. The summed E-state index contributed by atoms with van der Waals surface area (Å²) in [5.74, 6) is 1.28. The molecular formula is C25H27N3O5. The van der Waals surface area contributed by atoms with Gasteiger partial charge in [-0.05, 0) is 42.7 Å². The Morgan fingerprint density at radius 2 is 1.91 bits per heavy atom. The number of carbonyl (C=O) groups excluding carboxylic acids is 1. The number of benzene rings is 2. The predicted molar refractivity (Wildman–Crippen MR) is 126 cm³/mol. The van der Waals surface area contributed by atoms with E-state index in [2.05, 4.69) is 15.3 Å². The largest absolute Gasteiger partial charge is 0.493 e. The Hall–Kier alpha value is -3.81. The second kappa shape index (κ2) is 8.97. The first-order chi connectivity index (χ1) is 15.8. The van der Waals surface area contributed by atoms with E-state index in [9.17, 15) is 9.59 Å². The number of nitrogens with one attached hydrogen (secondary N) is 2. The molecule has 0 fully saturated rings. The first kappa shape index (κ1) is 22.4. The van der Waals surface area contributed by atoms with Crippen molar-refractivity contribution in [3.63, 3.8) is 0 Å². The number of hydrogen-bond acceptors (Lipinski definition) is 6. The molecule has 2 aromatic carbocycles. The van der Waals surface area contributed by atoms with Crippen LogP contribution in [0.25, 0.3) is 22.0 Å². The number of rotatable bonds is 7. The number of aromatic nitrogens is 2. The van der Waals surface area contributed by atoms with Gasteiger partial charge in [0.05, 0.1) is 43.3 Å². The first-order valence-electron chi connectivity index (χ1n) is 10.7. The Morgan fingerprint density at radius 1 is 1.15 bits per heavy atom. The van der Waals surface area contributed by atoms with Gasteiger partial charge < -0.3 is 24.2 Å². The third kappa shape index (κ3) is 4.16. The molecule has 8 nitrogen and oxygen atoms in total. The SMILES string of the molecule is COc1ccc2c(C)c(CC(=O)NC(c3nc4ccccc4[nH]3)C(C)C)c(=O)oc2c1OC. The number of aryl methyl sites for hydroxylation is 1. The Labute approximate surface area is 190 Å². The van der Waals surface area contributed by atoms with E-state index in [1.165, 1.54) is 14.2 Å². The van der Waals surface area contributed by atoms with Gasteiger partial charge in [-0.1, -0.05) is 26.0 Å². The van der Waals surface area contributed by atoms with Crippen LogP contribution in [0, 0.1) is 12.8 Å². The van der Waals surface area contributed by atoms with Crippen LogP contribution < -0.4 is 20.4 Å². The highest BCUT2D eigenvalue weighted by Crippen LogP contribution is 2.36. The first-order valence-corrected chi connectivity index (χ1v) is 10.7. The molecule has 0 radical (unpaired) electrons. The number of fused-ring (bicyclic) bond motifs is 2. The lowest BCUT2D eigenvalue weighted by Gasteiger charge is -2.20. The number of amides is 1. The van der Waals surface area contributed by atoms with Gasteiger partial charge in [0.2, 0.25) is 11.7 Å². The van der Waals surface area contributed by atoms with Crippen molar-refractivity contribution in [2.24, 2.45) is 5.92 Å². The van der Waals surface area contributed by atoms with Gasteiger partial charge in [-0.15, -0.1) is 0 Å². The van der Waals surface area contributed by atoms with Gasteiger partial charge in [0.25, 0.3) is 0 Å². The lowest BCUT2D eigenvalue weighted by atomic mass is 10.0. The molecule has 2 N–H and O–H groups in total. The summed E-state index contributed by atoms with van der Waals surface area (Å²) in [4.78, 5) is 33.7. The molecule has 33 heavy (non-hydrogen) atoms. The van der Waals surface area contributed by atoms with Crippen molar-refractivity contribution in [2.75, 3.05) is 14.2 Å². The molecule has 8 heteroatoms. The van der Waals surface area contributed by atoms with Crippen molar-refractivity contribution < 1.29 is 18.7 Å². The molecule has 0 bridgehead atoms. The minimum absolute atomic E-state index is 0.0837. The number of H-pyrrole nitrogens is 1. The van der Waals surface area contributed by atoms with E-state index in [-0.39, 0.29) is 24.3 Å². The van der Waals surface area contributed by atoms with Crippen molar-refractivity contribution in [1.29, 1.82) is 0 Å². The monoisotopic (exact) mass is 449 g/mol. The van der Waals surface area contributed by atoms with Gasteiger partial charge in [-0.25, -0.2) is 9.78 Å². The summed E-state index contributed by atoms with van der Waals surface area (Å²) in [5.41, 5.74) is 2.43. The molecule has 4 aromatic rings. The lowest BCUT2D eigenvalue weighted by molar-refractivity contribution is -0.121. The van der Waals surface area contributed by atoms with Gasteiger partial charge >= 0.3 is 5.63 Å². The second-order valence-corrected chi connectivity index (χ2v) is 8.28. The van der Waals surface area contributed by atoms with Crippen LogP contribution in [-0.4, -0.2) is 30.1 Å². The van der Waals surface area contributed by atoms with Gasteiger partial charge in [0.15, 0.2) is 11.3 Å². The molecule has 0 aliphatic carbocycles. The molecule has 0 saturated carbocycles. The summed E-state index contributed by atoms with van der Waals surface area (Å²) in [7, 11) is 3.00. The third-order valence-corrected chi connectivity index (χ3v) is 5.82. The lowest BCUT2D eigenvalue weighted by Crippen LogP contribution is -2.34. The van der Waals surface area contributed by atoms with Crippen LogP contribution in [0.1, 0.15) is 36.8 Å². The van der Waals surface area contributed by atoms with E-state index in [1.54, 1.807) is 19.1 Å². The van der Waals surface area contributed by atoms with Crippen LogP contribution in [0.4, 0.5) is 0 Å². The van der Waals surface area contributed by atoms with Crippen LogP contribution >= 0.6 is 0 Å². The van der Waals surface area contributed by atoms with Gasteiger partial charge in [0, 0.05) is 5.39 Å². The highest BCUT2D eigenvalue weighted by molar-refractivity contribution is 5.90. The highest BCUT2D eigenvalue weighted by Gasteiger charge is 2.24. The van der Waals surface area contributed by atoms with Gasteiger partial charge in [-0.2, -0.15) is 0 Å². The highest BCUT2D eigenvalue weighted by atomic mass is 16.5. The molecule has 2 aromatic heterocycles. The second-order valence-electron chi connectivity index (χ2n) is 8.28. The molecule has 4 rings (SSSR count). The molecule has 1 atom stereocenters. The van der Waals surface area contributed by atoms with Crippen molar-refractivity contribution in [3.05, 3.63) is 63.8 Å². The molecular weight excluding hydrogens is 422 g/mol. The fraction of sp³-hybridized carbons (Fsp3) is 0.320. The Balaban J connectivity index is 1.64. The smallest absolute Gasteiger partial charge is 0.340 e. The summed E-state index contributed by atoms with van der Waals surface area (Å²) in [6, 6.07) is 10.9. The fourth-order valence-corrected chi connectivity index (χ4v) is 4.03. The van der Waals surface area contributed by atoms with E-state index in [0.29, 0.717) is 39.4 Å². The zero-order valence-electron chi connectivity index (χ0n) is 19.3. The molecule has 0 saturated heterocycles. The van der Waals surface area contributed by atoms with Gasteiger partial charge in [-0.3, -0.25) is 4.79 Å². The summed E-state index contributed by atoms with van der Waals surface area (Å²) in [6.45, 7) is 5.81. The molecule has 2 heterocycles. The minimum atomic E-state index is -0.577. The zero-order valence-corrected chi connectivity index (χ0v) is 19.3. The normalized spacial score (nSPS) is 12.3. The average molecular weight is 450 g/mol. The molecule has 0 aliphatic rings. The van der Waals surface area contributed by atoms with E-state index in [1.807, 2.05) is 38.1 Å². The van der Waals surface area contributed by atoms with E-state index in [0.717, 1.165) is 11.0 Å². The van der Waals surface area contributed by atoms with Crippen LogP contribution in [0.2, 0.25) is 0 Å². The summed E-state index contributed by atoms with van der Waals surface area (Å²) >= 11 is 0. The van der Waals surface area contributed by atoms with E-state index >= 15 is 0 Å². The van der Waals surface area contributed by atoms with Crippen molar-refractivity contribution in [1.82, 2.24) is 15.3 Å². The van der Waals surface area contributed by atoms with Crippen molar-refractivity contribution in [3.8, 4) is 11.5 Å². The molecule has 0 spiro atoms. The average Bonchev–Trinajstić information content (AvgIpc) is 3.23. The number of hydrogen-bond donors (Lipinski definition) is 2. The molecule has 1 amide bonds. The maximum absolute atomic E-state index is 13.0. The number of carbonyl (C=O) groups is 1. The number of ether oxygens (including phenoxy) is 2. The summed E-state index contributed by atoms with van der Waals surface area (Å²) in [5, 5.41) is 3.72. The number of aromatic amines is 1. The Kier molecular flexibility index (Phi) is 6.09. The standard InChI is InChI=1S/C25H27N3O5/c1-13(2)21(24-26-17-8-6-7-9-18(17)27-24)28-20(29)12-16-14(3)15-10-11-19(31-4)23(32-5)22(15)33-25(16)30/h6-11,13,21H,12H2,1-5H3,(H,26,27)(H,28,29). The fourth-order valence-electron chi connectivity index (χ4n) is 4.03. The Morgan fingerprint density at radius 3 is 2.58 bits per heavy atom. The maximum atomic E-state index is 13.0. The number of para-hydroxylation sites is 2. The van der Waals surface area contributed by atoms with E-state index in [4.69, 9.17) is 13.9 Å². The Bertz CT molecular complexity index is 1350. The molecule has 172 valence electrons. The minimum Gasteiger partial charge on any atom is -0.493 e. The predicted octanol–water partition coefficient (Wildman–Crippen LogP) is 4.05. The quantitative estimate of drug-likeness (QED) is 0.412. The number of imidazole rings is 1.